The Morgan fingerprint density at radius 2 is 1.83 bits per heavy atom. The van der Waals surface area contributed by atoms with Gasteiger partial charge in [-0.2, -0.15) is 0 Å². The molecule has 2 amide bonds. The molecule has 1 aromatic carbocycles. The van der Waals surface area contributed by atoms with Gasteiger partial charge in [0.2, 0.25) is 12.3 Å². The van der Waals surface area contributed by atoms with E-state index in [2.05, 4.69) is 5.43 Å². The van der Waals surface area contributed by atoms with Gasteiger partial charge < -0.3 is 4.90 Å². The van der Waals surface area contributed by atoms with Crippen LogP contribution in [0.1, 0.15) is 5.56 Å². The van der Waals surface area contributed by atoms with Crippen molar-refractivity contribution >= 4 is 12.3 Å². The largest absolute Gasteiger partial charge is 0.340 e. The molecule has 0 atom stereocenters. The molecule has 96 valence electrons. The van der Waals surface area contributed by atoms with Crippen molar-refractivity contribution in [3.05, 3.63) is 35.9 Å². The fraction of sp³-hybridized carbons (Fsp3) is 0.385. The Hall–Kier alpha value is -1.88. The minimum Gasteiger partial charge on any atom is -0.340 e. The summed E-state index contributed by atoms with van der Waals surface area (Å²) in [6, 6.07) is 9.74. The highest BCUT2D eigenvalue weighted by Gasteiger charge is 2.20. The molecule has 0 aliphatic carbocycles. The SMILES string of the molecule is O=CNN1CCN(C(=O)Cc2ccccc2)CC1. The Balaban J connectivity index is 1.82. The maximum atomic E-state index is 12.0. The molecule has 0 radical (unpaired) electrons. The summed E-state index contributed by atoms with van der Waals surface area (Å²) in [5, 5.41) is 1.82. The van der Waals surface area contributed by atoms with Crippen molar-refractivity contribution in [2.45, 2.75) is 6.42 Å². The third-order valence-corrected chi connectivity index (χ3v) is 3.07. The third-order valence-electron chi connectivity index (χ3n) is 3.07. The van der Waals surface area contributed by atoms with Crippen molar-refractivity contribution < 1.29 is 9.59 Å². The summed E-state index contributed by atoms with van der Waals surface area (Å²) >= 11 is 0. The average Bonchev–Trinajstić information content (AvgIpc) is 2.41. The molecule has 5 nitrogen and oxygen atoms in total. The smallest absolute Gasteiger partial charge is 0.227 e. The summed E-state index contributed by atoms with van der Waals surface area (Å²) in [5.41, 5.74) is 3.65. The first-order valence-electron chi connectivity index (χ1n) is 6.06. The van der Waals surface area contributed by atoms with Crippen molar-refractivity contribution in [3.63, 3.8) is 0 Å². The van der Waals surface area contributed by atoms with Crippen molar-refractivity contribution in [3.8, 4) is 0 Å². The Bertz CT molecular complexity index is 400. The van der Waals surface area contributed by atoms with Crippen LogP contribution in [0.25, 0.3) is 0 Å². The van der Waals surface area contributed by atoms with Crippen molar-refractivity contribution in [2.75, 3.05) is 26.2 Å². The van der Waals surface area contributed by atoms with Crippen LogP contribution in [0.4, 0.5) is 0 Å². The zero-order chi connectivity index (χ0) is 12.8. The summed E-state index contributed by atoms with van der Waals surface area (Å²) in [6.45, 7) is 2.68. The molecule has 1 aliphatic rings. The van der Waals surface area contributed by atoms with Crippen molar-refractivity contribution in [1.82, 2.24) is 15.3 Å². The molecule has 1 aromatic rings. The quantitative estimate of drug-likeness (QED) is 0.764. The maximum Gasteiger partial charge on any atom is 0.227 e. The molecule has 0 saturated carbocycles. The van der Waals surface area contributed by atoms with Gasteiger partial charge in [0.25, 0.3) is 0 Å². The van der Waals surface area contributed by atoms with Gasteiger partial charge in [0, 0.05) is 26.2 Å². The van der Waals surface area contributed by atoms with E-state index in [1.807, 2.05) is 40.2 Å². The molecule has 5 heteroatoms. The molecule has 0 aromatic heterocycles. The zero-order valence-corrected chi connectivity index (χ0v) is 10.2. The van der Waals surface area contributed by atoms with E-state index in [1.54, 1.807) is 0 Å². The summed E-state index contributed by atoms with van der Waals surface area (Å²) < 4.78 is 0. The normalized spacial score (nSPS) is 16.3. The van der Waals surface area contributed by atoms with Crippen LogP contribution in [0.3, 0.4) is 0 Å². The number of carbonyl (C=O) groups is 2. The second-order valence-electron chi connectivity index (χ2n) is 4.28. The number of nitrogens with zero attached hydrogens (tertiary/aromatic N) is 2. The number of piperazine rings is 1. The minimum absolute atomic E-state index is 0.145. The van der Waals surface area contributed by atoms with E-state index in [0.29, 0.717) is 39.0 Å². The van der Waals surface area contributed by atoms with Crippen molar-refractivity contribution in [1.29, 1.82) is 0 Å². The molecule has 18 heavy (non-hydrogen) atoms. The summed E-state index contributed by atoms with van der Waals surface area (Å²) in [7, 11) is 0. The fourth-order valence-corrected chi connectivity index (χ4v) is 2.04. The topological polar surface area (TPSA) is 52.7 Å². The van der Waals surface area contributed by atoms with Crippen LogP contribution in [-0.2, 0) is 16.0 Å². The van der Waals surface area contributed by atoms with E-state index in [0.717, 1.165) is 5.56 Å². The van der Waals surface area contributed by atoms with Gasteiger partial charge in [-0.05, 0) is 5.56 Å². The molecule has 1 saturated heterocycles. The summed E-state index contributed by atoms with van der Waals surface area (Å²) in [6.07, 6.45) is 1.11. The number of benzene rings is 1. The van der Waals surface area contributed by atoms with Gasteiger partial charge in [-0.1, -0.05) is 30.3 Å². The Labute approximate surface area is 106 Å². The van der Waals surface area contributed by atoms with E-state index in [9.17, 15) is 9.59 Å². The number of hydrogen-bond donors (Lipinski definition) is 1. The van der Waals surface area contributed by atoms with Crippen LogP contribution >= 0.6 is 0 Å². The number of nitrogens with one attached hydrogen (secondary N) is 1. The standard InChI is InChI=1S/C13H17N3O2/c17-11-14-16-8-6-15(7-9-16)13(18)10-12-4-2-1-3-5-12/h1-5,11H,6-10H2,(H,14,17). The summed E-state index contributed by atoms with van der Waals surface area (Å²) in [4.78, 5) is 24.2. The van der Waals surface area contributed by atoms with E-state index in [-0.39, 0.29) is 5.91 Å². The lowest BCUT2D eigenvalue weighted by atomic mass is 10.1. The lowest BCUT2D eigenvalue weighted by molar-refractivity contribution is -0.132. The molecule has 1 heterocycles. The monoisotopic (exact) mass is 247 g/mol. The number of rotatable bonds is 4. The molecule has 1 aliphatic heterocycles. The zero-order valence-electron chi connectivity index (χ0n) is 10.2. The third kappa shape index (κ3) is 3.30. The van der Waals surface area contributed by atoms with Crippen LogP contribution in [0, 0.1) is 0 Å². The molecule has 2 rings (SSSR count). The average molecular weight is 247 g/mol. The lowest BCUT2D eigenvalue weighted by Crippen LogP contribution is -2.53. The van der Waals surface area contributed by atoms with Gasteiger partial charge in [0.1, 0.15) is 0 Å². The molecular formula is C13H17N3O2. The van der Waals surface area contributed by atoms with Crippen LogP contribution in [0.2, 0.25) is 0 Å². The van der Waals surface area contributed by atoms with Gasteiger partial charge in [0.15, 0.2) is 0 Å². The van der Waals surface area contributed by atoms with Crippen LogP contribution in [0.15, 0.2) is 30.3 Å². The number of hydrazine groups is 1. The van der Waals surface area contributed by atoms with E-state index < -0.39 is 0 Å². The van der Waals surface area contributed by atoms with Crippen LogP contribution in [-0.4, -0.2) is 48.4 Å². The highest BCUT2D eigenvalue weighted by molar-refractivity contribution is 5.78. The fourth-order valence-electron chi connectivity index (χ4n) is 2.04. The Kier molecular flexibility index (Phi) is 4.30. The van der Waals surface area contributed by atoms with Gasteiger partial charge in [0.05, 0.1) is 6.42 Å². The highest BCUT2D eigenvalue weighted by Crippen LogP contribution is 2.05. The molecule has 1 N–H and O–H groups in total. The van der Waals surface area contributed by atoms with Gasteiger partial charge in [-0.3, -0.25) is 15.0 Å². The second kappa shape index (κ2) is 6.16. The number of amides is 2. The Morgan fingerprint density at radius 1 is 1.17 bits per heavy atom. The van der Waals surface area contributed by atoms with Gasteiger partial charge >= 0.3 is 0 Å². The predicted octanol–water partition coefficient (Wildman–Crippen LogP) is 0.0343. The molecule has 0 bridgehead atoms. The highest BCUT2D eigenvalue weighted by atomic mass is 16.2. The number of carbonyl (C=O) groups excluding carboxylic acids is 2. The van der Waals surface area contributed by atoms with Crippen LogP contribution in [0.5, 0.6) is 0 Å². The first-order valence-corrected chi connectivity index (χ1v) is 6.06. The summed E-state index contributed by atoms with van der Waals surface area (Å²) in [5.74, 6) is 0.145. The Morgan fingerprint density at radius 3 is 2.44 bits per heavy atom. The number of hydrogen-bond acceptors (Lipinski definition) is 3. The van der Waals surface area contributed by atoms with Crippen molar-refractivity contribution in [2.24, 2.45) is 0 Å². The predicted molar refractivity (Wildman–Crippen MR) is 67.5 cm³/mol. The first kappa shape index (κ1) is 12.6. The molecule has 0 unspecified atom stereocenters. The van der Waals surface area contributed by atoms with E-state index in [4.69, 9.17) is 0 Å². The van der Waals surface area contributed by atoms with Crippen LogP contribution < -0.4 is 5.43 Å². The van der Waals surface area contributed by atoms with Gasteiger partial charge in [-0.15, -0.1) is 0 Å². The maximum absolute atomic E-state index is 12.0. The minimum atomic E-state index is 0.145. The van der Waals surface area contributed by atoms with E-state index in [1.165, 1.54) is 0 Å². The first-order chi connectivity index (χ1) is 8.79. The van der Waals surface area contributed by atoms with Gasteiger partial charge in [-0.25, -0.2) is 5.01 Å². The molecule has 1 fully saturated rings. The molecular weight excluding hydrogens is 230 g/mol. The second-order valence-corrected chi connectivity index (χ2v) is 4.28. The lowest BCUT2D eigenvalue weighted by Gasteiger charge is -2.33. The molecule has 0 spiro atoms. The van der Waals surface area contributed by atoms with E-state index >= 15 is 0 Å².